The molecule has 0 aromatic heterocycles. The lowest BCUT2D eigenvalue weighted by Gasteiger charge is -2.16. The van der Waals surface area contributed by atoms with Gasteiger partial charge in [-0.1, -0.05) is 108 Å². The maximum absolute atomic E-state index is 12.8. The first kappa shape index (κ1) is 34.7. The molecule has 0 fully saturated rings. The quantitative estimate of drug-likeness (QED) is 0.145. The van der Waals surface area contributed by atoms with Gasteiger partial charge in [-0.05, 0) is 47.7 Å². The molecule has 0 aliphatic rings. The molecule has 1 unspecified atom stereocenters. The molecule has 0 amide bonds. The van der Waals surface area contributed by atoms with E-state index in [0.29, 0.717) is 23.7 Å². The van der Waals surface area contributed by atoms with Crippen LogP contribution in [0.4, 0.5) is 5.69 Å². The number of nitrogens with zero attached hydrogens (tertiary/aromatic N) is 2. The van der Waals surface area contributed by atoms with Crippen LogP contribution in [0, 0.1) is 17.2 Å². The predicted octanol–water partition coefficient (Wildman–Crippen LogP) is 8.25. The van der Waals surface area contributed by atoms with E-state index in [1.807, 2.05) is 93.5 Å². The number of carboxylic acids is 1. The maximum atomic E-state index is 12.8. The fourth-order valence-electron chi connectivity index (χ4n) is 3.93. The summed E-state index contributed by atoms with van der Waals surface area (Å²) >= 11 is 0. The molecule has 0 heterocycles. The summed E-state index contributed by atoms with van der Waals surface area (Å²) in [5.41, 5.74) is 3.65. The third-order valence-electron chi connectivity index (χ3n) is 6.31. The highest BCUT2D eigenvalue weighted by atomic mass is 16.5. The molecule has 6 nitrogen and oxygen atoms in total. The lowest BCUT2D eigenvalue weighted by molar-refractivity contribution is -0.139. The zero-order valence-corrected chi connectivity index (χ0v) is 25.3. The number of carbonyl (C=O) groups is 2. The summed E-state index contributed by atoms with van der Waals surface area (Å²) in [6, 6.07) is 27.9. The Labute approximate surface area is 245 Å². The topological polar surface area (TPSA) is 90.6 Å². The first-order valence-electron chi connectivity index (χ1n) is 14.2. The number of anilines is 1. The van der Waals surface area contributed by atoms with Crippen LogP contribution in [0.15, 0.2) is 90.5 Å². The molecule has 3 rings (SSSR count). The van der Waals surface area contributed by atoms with Crippen molar-refractivity contribution in [3.63, 3.8) is 0 Å². The van der Waals surface area contributed by atoms with Crippen LogP contribution in [0.5, 0.6) is 0 Å². The van der Waals surface area contributed by atoms with Crippen LogP contribution in [0.2, 0.25) is 0 Å². The third-order valence-corrected chi connectivity index (χ3v) is 6.31. The van der Waals surface area contributed by atoms with Crippen LogP contribution in [-0.2, 0) is 9.53 Å². The van der Waals surface area contributed by atoms with Gasteiger partial charge in [-0.25, -0.2) is 9.59 Å². The van der Waals surface area contributed by atoms with Crippen molar-refractivity contribution in [2.24, 2.45) is 5.92 Å². The molecular weight excluding hydrogens is 512 g/mol. The van der Waals surface area contributed by atoms with Gasteiger partial charge in [0.25, 0.3) is 0 Å². The summed E-state index contributed by atoms with van der Waals surface area (Å²) in [7, 11) is 3.82. The average molecular weight is 557 g/mol. The van der Waals surface area contributed by atoms with E-state index in [1.165, 1.54) is 0 Å². The van der Waals surface area contributed by atoms with Crippen molar-refractivity contribution < 1.29 is 19.4 Å². The zero-order chi connectivity index (χ0) is 30.6. The number of carbonyl (C=O) groups excluding carboxylic acids is 1. The second-order valence-electron chi connectivity index (χ2n) is 9.36. The highest BCUT2D eigenvalue weighted by Crippen LogP contribution is 2.27. The molecule has 1 N–H and O–H groups in total. The number of ether oxygens (including phenoxy) is 1. The molecule has 0 saturated heterocycles. The van der Waals surface area contributed by atoms with Gasteiger partial charge in [0.2, 0.25) is 0 Å². The average Bonchev–Trinajstić information content (AvgIpc) is 3.02. The first-order chi connectivity index (χ1) is 19.8. The van der Waals surface area contributed by atoms with Crippen LogP contribution in [0.25, 0.3) is 5.57 Å². The standard InChI is InChI=1S/C24H27NO2.C9H11NO2.C2H6/c1-3-5-12-19(4-2)18-27-24(26)22(17-25)23(20-13-8-6-9-14-20)21-15-10-7-11-16-21;1-10(2)8-5-3-7(4-6-8)9(11)12;1-2/h6-11,13-16,19H,3-5,12,18H2,1-2H3;3-6H,1-2H3,(H,11,12);1-2H3. The predicted molar refractivity (Wildman–Crippen MR) is 168 cm³/mol. The van der Waals surface area contributed by atoms with Crippen molar-refractivity contribution in [2.75, 3.05) is 25.6 Å². The van der Waals surface area contributed by atoms with Gasteiger partial charge >= 0.3 is 11.9 Å². The summed E-state index contributed by atoms with van der Waals surface area (Å²) in [5.74, 6) is -1.10. The molecule has 0 spiro atoms. The molecule has 0 aliphatic carbocycles. The van der Waals surface area contributed by atoms with E-state index in [9.17, 15) is 14.9 Å². The molecule has 1 atom stereocenters. The number of rotatable bonds is 11. The van der Waals surface area contributed by atoms with Crippen LogP contribution in [-0.4, -0.2) is 37.7 Å². The number of esters is 1. The zero-order valence-electron chi connectivity index (χ0n) is 25.3. The van der Waals surface area contributed by atoms with E-state index in [0.717, 1.165) is 42.5 Å². The Morgan fingerprint density at radius 1 is 0.854 bits per heavy atom. The number of hydrogen-bond donors (Lipinski definition) is 1. The van der Waals surface area contributed by atoms with Gasteiger partial charge in [-0.3, -0.25) is 0 Å². The van der Waals surface area contributed by atoms with Crippen LogP contribution in [0.1, 0.15) is 74.9 Å². The minimum Gasteiger partial charge on any atom is -0.478 e. The fraction of sp³-hybridized carbons (Fsp3) is 0.343. The highest BCUT2D eigenvalue weighted by Gasteiger charge is 2.21. The normalized spacial score (nSPS) is 10.4. The summed E-state index contributed by atoms with van der Waals surface area (Å²) in [4.78, 5) is 25.1. The van der Waals surface area contributed by atoms with E-state index < -0.39 is 11.9 Å². The van der Waals surface area contributed by atoms with Crippen molar-refractivity contribution in [3.8, 4) is 6.07 Å². The Bertz CT molecular complexity index is 1200. The van der Waals surface area contributed by atoms with Gasteiger partial charge in [-0.2, -0.15) is 5.26 Å². The molecule has 0 radical (unpaired) electrons. The molecule has 3 aromatic rings. The second kappa shape index (κ2) is 19.7. The fourth-order valence-corrected chi connectivity index (χ4v) is 3.93. The smallest absolute Gasteiger partial charge is 0.349 e. The third kappa shape index (κ3) is 11.7. The van der Waals surface area contributed by atoms with Crippen LogP contribution >= 0.6 is 0 Å². The van der Waals surface area contributed by atoms with E-state index in [-0.39, 0.29) is 5.57 Å². The molecule has 3 aromatic carbocycles. The van der Waals surface area contributed by atoms with Gasteiger partial charge in [0, 0.05) is 25.4 Å². The highest BCUT2D eigenvalue weighted by molar-refractivity contribution is 6.05. The number of nitriles is 1. The van der Waals surface area contributed by atoms with Crippen molar-refractivity contribution in [2.45, 2.75) is 53.4 Å². The Kier molecular flexibility index (Phi) is 16.6. The van der Waals surface area contributed by atoms with E-state index in [2.05, 4.69) is 19.9 Å². The van der Waals surface area contributed by atoms with Gasteiger partial charge in [0.05, 0.1) is 12.2 Å². The summed E-state index contributed by atoms with van der Waals surface area (Å²) in [6.07, 6.45) is 4.25. The second-order valence-corrected chi connectivity index (χ2v) is 9.36. The molecule has 0 saturated carbocycles. The SMILES string of the molecule is CC.CCCCC(CC)COC(=O)C(C#N)=C(c1ccccc1)c1ccccc1.CN(C)c1ccc(C(=O)O)cc1. The Balaban J connectivity index is 0.000000500. The minimum absolute atomic E-state index is 0.0535. The van der Waals surface area contributed by atoms with Crippen LogP contribution < -0.4 is 4.90 Å². The number of unbranched alkanes of at least 4 members (excludes halogenated alkanes) is 1. The number of benzene rings is 3. The molecule has 218 valence electrons. The Morgan fingerprint density at radius 3 is 1.76 bits per heavy atom. The first-order valence-corrected chi connectivity index (χ1v) is 14.2. The Hall–Kier alpha value is -4.37. The lowest BCUT2D eigenvalue weighted by atomic mass is 9.93. The molecular formula is C35H44N2O4. The minimum atomic E-state index is -0.889. The largest absolute Gasteiger partial charge is 0.478 e. The van der Waals surface area contributed by atoms with Gasteiger partial charge in [-0.15, -0.1) is 0 Å². The molecule has 41 heavy (non-hydrogen) atoms. The van der Waals surface area contributed by atoms with Gasteiger partial charge in [0.1, 0.15) is 11.6 Å². The Morgan fingerprint density at radius 2 is 1.37 bits per heavy atom. The van der Waals surface area contributed by atoms with Crippen molar-refractivity contribution in [3.05, 3.63) is 107 Å². The molecule has 6 heteroatoms. The van der Waals surface area contributed by atoms with Gasteiger partial charge in [0.15, 0.2) is 0 Å². The molecule has 0 aliphatic heterocycles. The van der Waals surface area contributed by atoms with Crippen LogP contribution in [0.3, 0.4) is 0 Å². The van der Waals surface area contributed by atoms with E-state index >= 15 is 0 Å². The van der Waals surface area contributed by atoms with Crippen molar-refractivity contribution >= 4 is 23.2 Å². The monoisotopic (exact) mass is 556 g/mol. The van der Waals surface area contributed by atoms with Crippen molar-refractivity contribution in [1.82, 2.24) is 0 Å². The number of carboxylic acid groups (broad SMARTS) is 1. The number of aromatic carboxylic acids is 1. The molecule has 0 bridgehead atoms. The van der Waals surface area contributed by atoms with Crippen molar-refractivity contribution in [1.29, 1.82) is 5.26 Å². The lowest BCUT2D eigenvalue weighted by Crippen LogP contribution is -2.16. The van der Waals surface area contributed by atoms with Gasteiger partial charge < -0.3 is 14.7 Å². The summed E-state index contributed by atoms with van der Waals surface area (Å²) in [6.45, 7) is 8.62. The summed E-state index contributed by atoms with van der Waals surface area (Å²) < 4.78 is 5.55. The van der Waals surface area contributed by atoms with E-state index in [4.69, 9.17) is 9.84 Å². The van der Waals surface area contributed by atoms with E-state index in [1.54, 1.807) is 24.3 Å². The summed E-state index contributed by atoms with van der Waals surface area (Å²) in [5, 5.41) is 18.3. The number of hydrogen-bond acceptors (Lipinski definition) is 5. The maximum Gasteiger partial charge on any atom is 0.349 e.